The van der Waals surface area contributed by atoms with Gasteiger partial charge in [0.1, 0.15) is 6.07 Å². The summed E-state index contributed by atoms with van der Waals surface area (Å²) in [5.74, 6) is -0.107. The molecule has 2 heterocycles. The molecule has 2 fully saturated rings. The smallest absolute Gasteiger partial charge is 0.320 e. The predicted octanol–water partition coefficient (Wildman–Crippen LogP) is 0.957. The van der Waals surface area contributed by atoms with Crippen LogP contribution in [0, 0.1) is 11.3 Å². The standard InChI is InChI=1S/C19H25N5O3/c20-15-16-3-1-2-4-17(16)21-18(25)5-6-22-7-9-23(10-8-22)19(26)24-11-13-27-14-12-24/h1-4H,5-14H2,(H,21,25). The predicted molar refractivity (Wildman–Crippen MR) is 100 cm³/mol. The number of morpholine rings is 1. The Morgan fingerprint density at radius 1 is 1.04 bits per heavy atom. The minimum Gasteiger partial charge on any atom is -0.378 e. The van der Waals surface area contributed by atoms with Gasteiger partial charge < -0.3 is 19.9 Å². The number of nitrogens with zero attached hydrogens (tertiary/aromatic N) is 4. The molecule has 8 nitrogen and oxygen atoms in total. The number of carbonyl (C=O) groups is 2. The number of benzene rings is 1. The molecule has 0 spiro atoms. The van der Waals surface area contributed by atoms with E-state index in [-0.39, 0.29) is 11.9 Å². The number of carbonyl (C=O) groups excluding carboxylic acids is 2. The zero-order valence-corrected chi connectivity index (χ0v) is 15.4. The lowest BCUT2D eigenvalue weighted by atomic mass is 10.2. The summed E-state index contributed by atoms with van der Waals surface area (Å²) in [5, 5.41) is 11.9. The molecule has 1 aromatic rings. The summed E-state index contributed by atoms with van der Waals surface area (Å²) in [6, 6.07) is 9.13. The van der Waals surface area contributed by atoms with Crippen molar-refractivity contribution in [3.63, 3.8) is 0 Å². The highest BCUT2D eigenvalue weighted by molar-refractivity contribution is 5.92. The molecule has 27 heavy (non-hydrogen) atoms. The van der Waals surface area contributed by atoms with Crippen molar-refractivity contribution < 1.29 is 14.3 Å². The van der Waals surface area contributed by atoms with Crippen LogP contribution in [0.5, 0.6) is 0 Å². The van der Waals surface area contributed by atoms with E-state index in [4.69, 9.17) is 10.00 Å². The average Bonchev–Trinajstić information content (AvgIpc) is 2.73. The lowest BCUT2D eigenvalue weighted by molar-refractivity contribution is -0.116. The monoisotopic (exact) mass is 371 g/mol. The van der Waals surface area contributed by atoms with Crippen LogP contribution in [0.15, 0.2) is 24.3 Å². The Bertz CT molecular complexity index is 704. The maximum Gasteiger partial charge on any atom is 0.320 e. The Kier molecular flexibility index (Phi) is 6.63. The Hall–Kier alpha value is -2.63. The molecule has 0 saturated carbocycles. The van der Waals surface area contributed by atoms with Crippen LogP contribution in [0.1, 0.15) is 12.0 Å². The number of piperazine rings is 1. The fraction of sp³-hybridized carbons (Fsp3) is 0.526. The Morgan fingerprint density at radius 3 is 2.41 bits per heavy atom. The van der Waals surface area contributed by atoms with Crippen LogP contribution in [-0.2, 0) is 9.53 Å². The summed E-state index contributed by atoms with van der Waals surface area (Å²) in [4.78, 5) is 30.6. The number of urea groups is 1. The highest BCUT2D eigenvalue weighted by Crippen LogP contribution is 2.14. The van der Waals surface area contributed by atoms with Crippen LogP contribution in [0.3, 0.4) is 0 Å². The van der Waals surface area contributed by atoms with Gasteiger partial charge in [0.15, 0.2) is 0 Å². The number of hydrogen-bond donors (Lipinski definition) is 1. The Balaban J connectivity index is 1.39. The van der Waals surface area contributed by atoms with Crippen LogP contribution < -0.4 is 5.32 Å². The molecule has 8 heteroatoms. The van der Waals surface area contributed by atoms with Crippen molar-refractivity contribution in [2.24, 2.45) is 0 Å². The molecule has 2 saturated heterocycles. The van der Waals surface area contributed by atoms with Crippen molar-refractivity contribution in [3.8, 4) is 6.07 Å². The van der Waals surface area contributed by atoms with Crippen molar-refractivity contribution in [2.75, 3.05) is 64.3 Å². The number of amides is 3. The fourth-order valence-corrected chi connectivity index (χ4v) is 3.28. The van der Waals surface area contributed by atoms with Gasteiger partial charge in [-0.2, -0.15) is 5.26 Å². The number of para-hydroxylation sites is 1. The van der Waals surface area contributed by atoms with E-state index < -0.39 is 0 Å². The van der Waals surface area contributed by atoms with E-state index in [9.17, 15) is 9.59 Å². The van der Waals surface area contributed by atoms with Gasteiger partial charge in [0.2, 0.25) is 5.91 Å². The second-order valence-corrected chi connectivity index (χ2v) is 6.67. The van der Waals surface area contributed by atoms with Crippen LogP contribution in [0.2, 0.25) is 0 Å². The van der Waals surface area contributed by atoms with E-state index in [0.29, 0.717) is 63.6 Å². The average molecular weight is 371 g/mol. The molecule has 3 amide bonds. The lowest BCUT2D eigenvalue weighted by Gasteiger charge is -2.38. The molecule has 0 bridgehead atoms. The molecule has 0 atom stereocenters. The van der Waals surface area contributed by atoms with Crippen molar-refractivity contribution >= 4 is 17.6 Å². The number of nitrogens with one attached hydrogen (secondary N) is 1. The first-order chi connectivity index (χ1) is 13.2. The molecular weight excluding hydrogens is 346 g/mol. The van der Waals surface area contributed by atoms with E-state index >= 15 is 0 Å². The van der Waals surface area contributed by atoms with Crippen molar-refractivity contribution in [1.29, 1.82) is 5.26 Å². The number of hydrogen-bond acceptors (Lipinski definition) is 5. The molecule has 3 rings (SSSR count). The molecule has 2 aliphatic rings. The number of ether oxygens (including phenoxy) is 1. The first-order valence-electron chi connectivity index (χ1n) is 9.30. The quantitative estimate of drug-likeness (QED) is 0.851. The van der Waals surface area contributed by atoms with Crippen molar-refractivity contribution in [3.05, 3.63) is 29.8 Å². The summed E-state index contributed by atoms with van der Waals surface area (Å²) in [6.45, 7) is 6.04. The molecule has 0 aromatic heterocycles. The minimum absolute atomic E-state index is 0.0869. The Morgan fingerprint density at radius 2 is 1.70 bits per heavy atom. The number of nitriles is 1. The van der Waals surface area contributed by atoms with E-state index in [2.05, 4.69) is 16.3 Å². The maximum atomic E-state index is 12.5. The first-order valence-corrected chi connectivity index (χ1v) is 9.30. The molecule has 1 aromatic carbocycles. The maximum absolute atomic E-state index is 12.5. The van der Waals surface area contributed by atoms with Gasteiger partial charge in [0, 0.05) is 52.2 Å². The largest absolute Gasteiger partial charge is 0.378 e. The van der Waals surface area contributed by atoms with Crippen molar-refractivity contribution in [1.82, 2.24) is 14.7 Å². The number of rotatable bonds is 4. The molecule has 0 aliphatic carbocycles. The summed E-state index contributed by atoms with van der Waals surface area (Å²) in [5.41, 5.74) is 1.01. The lowest BCUT2D eigenvalue weighted by Crippen LogP contribution is -2.54. The van der Waals surface area contributed by atoms with Crippen LogP contribution in [0.4, 0.5) is 10.5 Å². The minimum atomic E-state index is -0.107. The van der Waals surface area contributed by atoms with E-state index in [1.807, 2.05) is 9.80 Å². The van der Waals surface area contributed by atoms with E-state index in [0.717, 1.165) is 13.1 Å². The molecule has 0 unspecified atom stereocenters. The van der Waals surface area contributed by atoms with Crippen molar-refractivity contribution in [2.45, 2.75) is 6.42 Å². The van der Waals surface area contributed by atoms with Gasteiger partial charge in [-0.15, -0.1) is 0 Å². The van der Waals surface area contributed by atoms with Crippen LogP contribution >= 0.6 is 0 Å². The van der Waals surface area contributed by atoms with Gasteiger partial charge >= 0.3 is 6.03 Å². The Labute approximate surface area is 159 Å². The second-order valence-electron chi connectivity index (χ2n) is 6.67. The molecule has 1 N–H and O–H groups in total. The summed E-state index contributed by atoms with van der Waals surface area (Å²) in [6.07, 6.45) is 0.358. The molecule has 2 aliphatic heterocycles. The van der Waals surface area contributed by atoms with E-state index in [1.54, 1.807) is 24.3 Å². The highest BCUT2D eigenvalue weighted by Gasteiger charge is 2.26. The normalized spacial score (nSPS) is 18.0. The van der Waals surface area contributed by atoms with Gasteiger partial charge in [0.05, 0.1) is 24.5 Å². The van der Waals surface area contributed by atoms with Gasteiger partial charge in [-0.05, 0) is 12.1 Å². The van der Waals surface area contributed by atoms with Crippen LogP contribution in [-0.4, -0.2) is 85.7 Å². The number of anilines is 1. The topological polar surface area (TPSA) is 88.9 Å². The summed E-state index contributed by atoms with van der Waals surface area (Å²) >= 11 is 0. The van der Waals surface area contributed by atoms with Crippen LogP contribution in [0.25, 0.3) is 0 Å². The fourth-order valence-electron chi connectivity index (χ4n) is 3.28. The second kappa shape index (κ2) is 9.35. The van der Waals surface area contributed by atoms with Gasteiger partial charge in [0.25, 0.3) is 0 Å². The van der Waals surface area contributed by atoms with Gasteiger partial charge in [-0.3, -0.25) is 9.69 Å². The highest BCUT2D eigenvalue weighted by atomic mass is 16.5. The zero-order chi connectivity index (χ0) is 19.1. The summed E-state index contributed by atoms with van der Waals surface area (Å²) < 4.78 is 5.29. The third-order valence-corrected chi connectivity index (χ3v) is 4.90. The van der Waals surface area contributed by atoms with Gasteiger partial charge in [-0.25, -0.2) is 4.79 Å². The molecular formula is C19H25N5O3. The zero-order valence-electron chi connectivity index (χ0n) is 15.4. The third-order valence-electron chi connectivity index (χ3n) is 4.90. The summed E-state index contributed by atoms with van der Waals surface area (Å²) in [7, 11) is 0. The van der Waals surface area contributed by atoms with E-state index in [1.165, 1.54) is 0 Å². The first kappa shape index (κ1) is 19.1. The SMILES string of the molecule is N#Cc1ccccc1NC(=O)CCN1CCN(C(=O)N2CCOCC2)CC1. The molecule has 144 valence electrons. The van der Waals surface area contributed by atoms with Gasteiger partial charge in [-0.1, -0.05) is 12.1 Å². The molecule has 0 radical (unpaired) electrons. The third kappa shape index (κ3) is 5.18.